The van der Waals surface area contributed by atoms with Gasteiger partial charge in [-0.2, -0.15) is 0 Å². The van der Waals surface area contributed by atoms with Crippen molar-refractivity contribution < 1.29 is 4.39 Å². The van der Waals surface area contributed by atoms with Gasteiger partial charge in [0, 0.05) is 6.20 Å². The van der Waals surface area contributed by atoms with E-state index in [1.165, 1.54) is 25.7 Å². The second kappa shape index (κ2) is 5.84. The summed E-state index contributed by atoms with van der Waals surface area (Å²) in [5, 5.41) is 0. The molecule has 0 atom stereocenters. The quantitative estimate of drug-likeness (QED) is 0.675. The molecule has 0 unspecified atom stereocenters. The molecule has 1 aromatic heterocycles. The van der Waals surface area contributed by atoms with Crippen molar-refractivity contribution in [3.63, 3.8) is 0 Å². The lowest BCUT2D eigenvalue weighted by molar-refractivity contribution is 0.599. The summed E-state index contributed by atoms with van der Waals surface area (Å²) in [6.45, 7) is 5.70. The highest BCUT2D eigenvalue weighted by Crippen LogP contribution is 2.33. The molecule has 0 radical (unpaired) electrons. The van der Waals surface area contributed by atoms with Gasteiger partial charge in [0.05, 0.1) is 5.69 Å². The standard InChI is InChI=1S/C11H14FN.C2H6/c1-8-11(12)6-10(7-13-8)9-4-2-3-5-9;1-2/h6-7,9H,2-5H2,1H3;1-2H3. The summed E-state index contributed by atoms with van der Waals surface area (Å²) in [5.74, 6) is 0.395. The lowest BCUT2D eigenvalue weighted by atomic mass is 9.99. The zero-order valence-corrected chi connectivity index (χ0v) is 9.89. The SMILES string of the molecule is CC.Cc1ncc(C2CCCC2)cc1F. The molecule has 0 aromatic carbocycles. The third-order valence-corrected chi connectivity index (χ3v) is 2.87. The van der Waals surface area contributed by atoms with E-state index in [9.17, 15) is 4.39 Å². The van der Waals surface area contributed by atoms with Crippen molar-refractivity contribution in [1.29, 1.82) is 0 Å². The Labute approximate surface area is 91.7 Å². The van der Waals surface area contributed by atoms with Gasteiger partial charge in [0.1, 0.15) is 5.82 Å². The molecule has 1 fully saturated rings. The summed E-state index contributed by atoms with van der Waals surface area (Å²) < 4.78 is 13.2. The molecule has 2 rings (SSSR count). The van der Waals surface area contributed by atoms with E-state index in [4.69, 9.17) is 0 Å². The molecule has 0 bridgehead atoms. The maximum atomic E-state index is 13.2. The van der Waals surface area contributed by atoms with Crippen molar-refractivity contribution >= 4 is 0 Å². The number of rotatable bonds is 1. The second-order valence-corrected chi connectivity index (χ2v) is 3.82. The van der Waals surface area contributed by atoms with Crippen LogP contribution in [0, 0.1) is 12.7 Å². The summed E-state index contributed by atoms with van der Waals surface area (Å²) in [6.07, 6.45) is 6.78. The third kappa shape index (κ3) is 3.01. The minimum Gasteiger partial charge on any atom is -0.258 e. The molecule has 0 spiro atoms. The van der Waals surface area contributed by atoms with Crippen LogP contribution in [0.25, 0.3) is 0 Å². The summed E-state index contributed by atoms with van der Waals surface area (Å²) in [6, 6.07) is 1.65. The second-order valence-electron chi connectivity index (χ2n) is 3.82. The largest absolute Gasteiger partial charge is 0.258 e. The summed E-state index contributed by atoms with van der Waals surface area (Å²) >= 11 is 0. The highest BCUT2D eigenvalue weighted by atomic mass is 19.1. The predicted octanol–water partition coefficient (Wildman–Crippen LogP) is 4.21. The van der Waals surface area contributed by atoms with Gasteiger partial charge in [-0.15, -0.1) is 0 Å². The Hall–Kier alpha value is -0.920. The number of pyridine rings is 1. The van der Waals surface area contributed by atoms with Crippen molar-refractivity contribution in [3.8, 4) is 0 Å². The first kappa shape index (κ1) is 12.2. The summed E-state index contributed by atoms with van der Waals surface area (Å²) in [7, 11) is 0. The van der Waals surface area contributed by atoms with Gasteiger partial charge in [-0.25, -0.2) is 4.39 Å². The van der Waals surface area contributed by atoms with Crippen LogP contribution in [0.2, 0.25) is 0 Å². The zero-order valence-electron chi connectivity index (χ0n) is 9.89. The van der Waals surface area contributed by atoms with Crippen molar-refractivity contribution in [3.05, 3.63) is 29.3 Å². The van der Waals surface area contributed by atoms with Crippen molar-refractivity contribution in [2.24, 2.45) is 0 Å². The van der Waals surface area contributed by atoms with Crippen LogP contribution >= 0.6 is 0 Å². The molecule has 1 aliphatic rings. The van der Waals surface area contributed by atoms with E-state index in [0.29, 0.717) is 11.6 Å². The van der Waals surface area contributed by atoms with Crippen molar-refractivity contribution in [1.82, 2.24) is 4.98 Å². The van der Waals surface area contributed by atoms with Gasteiger partial charge in [-0.3, -0.25) is 4.98 Å². The Morgan fingerprint density at radius 2 is 1.87 bits per heavy atom. The Morgan fingerprint density at radius 1 is 1.27 bits per heavy atom. The van der Waals surface area contributed by atoms with Gasteiger partial charge in [0.2, 0.25) is 0 Å². The number of hydrogen-bond donors (Lipinski definition) is 0. The van der Waals surface area contributed by atoms with E-state index < -0.39 is 0 Å². The normalized spacial score (nSPS) is 16.0. The number of hydrogen-bond acceptors (Lipinski definition) is 1. The molecule has 2 heteroatoms. The number of nitrogens with zero attached hydrogens (tertiary/aromatic N) is 1. The first-order valence-electron chi connectivity index (χ1n) is 5.89. The molecule has 1 saturated carbocycles. The van der Waals surface area contributed by atoms with Crippen molar-refractivity contribution in [2.45, 2.75) is 52.4 Å². The molecular weight excluding hydrogens is 189 g/mol. The lowest BCUT2D eigenvalue weighted by Gasteiger charge is -2.08. The van der Waals surface area contributed by atoms with Gasteiger partial charge >= 0.3 is 0 Å². The smallest absolute Gasteiger partial charge is 0.144 e. The van der Waals surface area contributed by atoms with Crippen molar-refractivity contribution in [2.75, 3.05) is 0 Å². The molecule has 0 amide bonds. The average molecular weight is 209 g/mol. The van der Waals surface area contributed by atoms with E-state index in [1.54, 1.807) is 13.0 Å². The number of aryl methyl sites for hydroxylation is 1. The van der Waals surface area contributed by atoms with Crippen LogP contribution in [0.3, 0.4) is 0 Å². The Morgan fingerprint density at radius 3 is 2.40 bits per heavy atom. The summed E-state index contributed by atoms with van der Waals surface area (Å²) in [5.41, 5.74) is 1.59. The van der Waals surface area contributed by atoms with Gasteiger partial charge in [-0.1, -0.05) is 26.7 Å². The Kier molecular flexibility index (Phi) is 4.73. The molecular formula is C13H20FN. The maximum absolute atomic E-state index is 13.2. The van der Waals surface area contributed by atoms with Gasteiger partial charge in [0.15, 0.2) is 0 Å². The minimum absolute atomic E-state index is 0.163. The molecule has 1 nitrogen and oxygen atoms in total. The van der Waals surface area contributed by atoms with Crippen LogP contribution in [-0.4, -0.2) is 4.98 Å². The summed E-state index contributed by atoms with van der Waals surface area (Å²) in [4.78, 5) is 4.05. The molecule has 1 heterocycles. The predicted molar refractivity (Wildman–Crippen MR) is 61.5 cm³/mol. The Bertz CT molecular complexity index is 303. The zero-order chi connectivity index (χ0) is 11.3. The molecule has 0 N–H and O–H groups in total. The van der Waals surface area contributed by atoms with E-state index in [2.05, 4.69) is 4.98 Å². The molecule has 1 aromatic rings. The molecule has 84 valence electrons. The lowest BCUT2D eigenvalue weighted by Crippen LogP contribution is -1.96. The first-order chi connectivity index (χ1) is 7.27. The minimum atomic E-state index is -0.163. The Balaban J connectivity index is 0.000000531. The van der Waals surface area contributed by atoms with E-state index >= 15 is 0 Å². The highest BCUT2D eigenvalue weighted by molar-refractivity contribution is 5.20. The number of aromatic nitrogens is 1. The van der Waals surface area contributed by atoms with Crippen LogP contribution in [0.5, 0.6) is 0 Å². The fourth-order valence-electron chi connectivity index (χ4n) is 2.00. The maximum Gasteiger partial charge on any atom is 0.144 e. The fraction of sp³-hybridized carbons (Fsp3) is 0.615. The molecule has 0 aliphatic heterocycles. The first-order valence-corrected chi connectivity index (χ1v) is 5.89. The van der Waals surface area contributed by atoms with Crippen LogP contribution < -0.4 is 0 Å². The van der Waals surface area contributed by atoms with Crippen LogP contribution in [0.15, 0.2) is 12.3 Å². The molecule has 15 heavy (non-hydrogen) atoms. The van der Waals surface area contributed by atoms with Crippen LogP contribution in [-0.2, 0) is 0 Å². The topological polar surface area (TPSA) is 12.9 Å². The highest BCUT2D eigenvalue weighted by Gasteiger charge is 2.17. The average Bonchev–Trinajstić information content (AvgIpc) is 2.78. The van der Waals surface area contributed by atoms with Gasteiger partial charge < -0.3 is 0 Å². The number of halogens is 1. The third-order valence-electron chi connectivity index (χ3n) is 2.87. The molecule has 1 aliphatic carbocycles. The van der Waals surface area contributed by atoms with Gasteiger partial charge in [0.25, 0.3) is 0 Å². The van der Waals surface area contributed by atoms with Crippen LogP contribution in [0.4, 0.5) is 4.39 Å². The van der Waals surface area contributed by atoms with Crippen LogP contribution in [0.1, 0.15) is 56.7 Å². The van der Waals surface area contributed by atoms with Gasteiger partial charge in [-0.05, 0) is 37.3 Å². The van der Waals surface area contributed by atoms with E-state index in [0.717, 1.165) is 5.56 Å². The monoisotopic (exact) mass is 209 g/mol. The van der Waals surface area contributed by atoms with E-state index in [-0.39, 0.29) is 5.82 Å². The van der Waals surface area contributed by atoms with E-state index in [1.807, 2.05) is 20.0 Å². The molecule has 0 saturated heterocycles. The fourth-order valence-corrected chi connectivity index (χ4v) is 2.00.